The highest BCUT2D eigenvalue weighted by atomic mass is 16.6. The number of ketones is 1. The third kappa shape index (κ3) is 4.73. The number of hydrogen-bond acceptors (Lipinski definition) is 4. The molecule has 1 saturated heterocycles. The van der Waals surface area contributed by atoms with Crippen LogP contribution in [0.5, 0.6) is 0 Å². The van der Waals surface area contributed by atoms with Crippen molar-refractivity contribution in [2.45, 2.75) is 45.8 Å². The number of hydrogen-bond donors (Lipinski definition) is 0. The molecule has 5 nitrogen and oxygen atoms in total. The fourth-order valence-electron chi connectivity index (χ4n) is 1.56. The third-order valence-corrected chi connectivity index (χ3v) is 2.38. The Morgan fingerprint density at radius 3 is 2.53 bits per heavy atom. The molecule has 0 unspecified atom stereocenters. The van der Waals surface area contributed by atoms with Crippen LogP contribution in [0.2, 0.25) is 0 Å². The summed E-state index contributed by atoms with van der Waals surface area (Å²) in [5, 5.41) is 0. The summed E-state index contributed by atoms with van der Waals surface area (Å²) in [7, 11) is 0. The molecule has 1 aliphatic rings. The van der Waals surface area contributed by atoms with Gasteiger partial charge in [-0.1, -0.05) is 0 Å². The summed E-state index contributed by atoms with van der Waals surface area (Å²) in [6.45, 7) is 8.29. The largest absolute Gasteiger partial charge is 0.444 e. The Morgan fingerprint density at radius 2 is 2.00 bits per heavy atom. The minimum absolute atomic E-state index is 0.0551. The van der Waals surface area contributed by atoms with Crippen molar-refractivity contribution < 1.29 is 19.1 Å². The van der Waals surface area contributed by atoms with Crippen molar-refractivity contribution >= 4 is 11.9 Å². The molecule has 1 rings (SSSR count). The lowest BCUT2D eigenvalue weighted by Crippen LogP contribution is -2.42. The van der Waals surface area contributed by atoms with Gasteiger partial charge in [-0.15, -0.1) is 0 Å². The number of ether oxygens (including phenoxy) is 2. The molecule has 0 aromatic rings. The molecule has 1 amide bonds. The molecule has 1 aliphatic heterocycles. The minimum atomic E-state index is -0.523. The van der Waals surface area contributed by atoms with Crippen LogP contribution in [0.3, 0.4) is 0 Å². The van der Waals surface area contributed by atoms with Gasteiger partial charge in [0.2, 0.25) is 0 Å². The minimum Gasteiger partial charge on any atom is -0.444 e. The van der Waals surface area contributed by atoms with Crippen molar-refractivity contribution in [3.8, 4) is 0 Å². The van der Waals surface area contributed by atoms with Crippen LogP contribution in [0.4, 0.5) is 4.79 Å². The molecule has 0 aromatic carbocycles. The number of nitrogens with zero attached hydrogens (tertiary/aromatic N) is 1. The Morgan fingerprint density at radius 1 is 1.35 bits per heavy atom. The lowest BCUT2D eigenvalue weighted by atomic mass is 10.2. The summed E-state index contributed by atoms with van der Waals surface area (Å²) in [4.78, 5) is 24.7. The highest BCUT2D eigenvalue weighted by Gasteiger charge is 2.28. The van der Waals surface area contributed by atoms with Gasteiger partial charge in [0.25, 0.3) is 0 Å². The Labute approximate surface area is 102 Å². The van der Waals surface area contributed by atoms with Gasteiger partial charge in [0, 0.05) is 13.2 Å². The van der Waals surface area contributed by atoms with Crippen LogP contribution in [0.1, 0.15) is 34.1 Å². The summed E-state index contributed by atoms with van der Waals surface area (Å²) in [5.41, 5.74) is -0.518. The molecule has 1 atom stereocenters. The van der Waals surface area contributed by atoms with Gasteiger partial charge in [0.05, 0.1) is 6.54 Å². The van der Waals surface area contributed by atoms with Crippen LogP contribution < -0.4 is 0 Å². The second kappa shape index (κ2) is 5.49. The van der Waals surface area contributed by atoms with Crippen LogP contribution in [0.25, 0.3) is 0 Å². The maximum absolute atomic E-state index is 11.9. The van der Waals surface area contributed by atoms with E-state index in [4.69, 9.17) is 9.47 Å². The van der Waals surface area contributed by atoms with Crippen LogP contribution >= 0.6 is 0 Å². The Hall–Kier alpha value is -1.10. The molecule has 0 spiro atoms. The predicted octanol–water partition coefficient (Wildman–Crippen LogP) is 1.60. The first-order chi connectivity index (χ1) is 7.79. The number of carbonyl (C=O) groups is 2. The molecule has 0 aromatic heterocycles. The standard InChI is InChI=1S/C12H21NO4/c1-9(14)10-8-13(6-5-7-16-10)11(15)17-12(2,3)4/h10H,5-8H2,1-4H3/t10-/m0/s1. The molecule has 1 fully saturated rings. The van der Waals surface area contributed by atoms with Crippen molar-refractivity contribution in [1.82, 2.24) is 4.90 Å². The number of Topliss-reactive ketones (excluding diaryl/α,β-unsaturated/α-hetero) is 1. The topological polar surface area (TPSA) is 55.8 Å². The fraction of sp³-hybridized carbons (Fsp3) is 0.833. The van der Waals surface area contributed by atoms with E-state index in [1.807, 2.05) is 20.8 Å². The van der Waals surface area contributed by atoms with E-state index in [1.54, 1.807) is 4.90 Å². The number of carbonyl (C=O) groups excluding carboxylic acids is 2. The van der Waals surface area contributed by atoms with Crippen LogP contribution in [-0.2, 0) is 14.3 Å². The molecular weight excluding hydrogens is 222 g/mol. The molecule has 17 heavy (non-hydrogen) atoms. The highest BCUT2D eigenvalue weighted by Crippen LogP contribution is 2.13. The zero-order valence-electron chi connectivity index (χ0n) is 11.0. The van der Waals surface area contributed by atoms with Gasteiger partial charge in [0.15, 0.2) is 5.78 Å². The first-order valence-electron chi connectivity index (χ1n) is 5.89. The molecule has 0 N–H and O–H groups in total. The first kappa shape index (κ1) is 14.0. The van der Waals surface area contributed by atoms with Gasteiger partial charge in [-0.2, -0.15) is 0 Å². The predicted molar refractivity (Wildman–Crippen MR) is 62.8 cm³/mol. The molecule has 0 saturated carbocycles. The van der Waals surface area contributed by atoms with E-state index in [9.17, 15) is 9.59 Å². The smallest absolute Gasteiger partial charge is 0.410 e. The second-order valence-electron chi connectivity index (χ2n) is 5.25. The average Bonchev–Trinajstić information content (AvgIpc) is 2.39. The quantitative estimate of drug-likeness (QED) is 0.702. The van der Waals surface area contributed by atoms with E-state index in [0.29, 0.717) is 13.2 Å². The number of rotatable bonds is 1. The molecule has 0 bridgehead atoms. The van der Waals surface area contributed by atoms with Gasteiger partial charge in [-0.25, -0.2) is 4.79 Å². The summed E-state index contributed by atoms with van der Waals surface area (Å²) < 4.78 is 10.7. The number of amides is 1. The SMILES string of the molecule is CC(=O)[C@@H]1CN(C(=O)OC(C)(C)C)CCCO1. The lowest BCUT2D eigenvalue weighted by Gasteiger charge is -2.27. The summed E-state index contributed by atoms with van der Waals surface area (Å²) in [5.74, 6) is -0.0551. The van der Waals surface area contributed by atoms with Crippen molar-refractivity contribution in [1.29, 1.82) is 0 Å². The van der Waals surface area contributed by atoms with Crippen molar-refractivity contribution in [3.63, 3.8) is 0 Å². The van der Waals surface area contributed by atoms with Gasteiger partial charge in [0.1, 0.15) is 11.7 Å². The van der Waals surface area contributed by atoms with Gasteiger partial charge >= 0.3 is 6.09 Å². The Bertz CT molecular complexity index is 295. The molecule has 0 aliphatic carbocycles. The summed E-state index contributed by atoms with van der Waals surface area (Å²) in [6, 6.07) is 0. The molecule has 98 valence electrons. The van der Waals surface area contributed by atoms with Crippen LogP contribution in [-0.4, -0.2) is 48.2 Å². The molecular formula is C12H21NO4. The maximum atomic E-state index is 11.9. The fourth-order valence-corrected chi connectivity index (χ4v) is 1.56. The van der Waals surface area contributed by atoms with Crippen LogP contribution in [0.15, 0.2) is 0 Å². The van der Waals surface area contributed by atoms with E-state index >= 15 is 0 Å². The highest BCUT2D eigenvalue weighted by molar-refractivity contribution is 5.81. The summed E-state index contributed by atoms with van der Waals surface area (Å²) in [6.07, 6.45) is -0.178. The second-order valence-corrected chi connectivity index (χ2v) is 5.25. The van der Waals surface area contributed by atoms with Crippen LogP contribution in [0, 0.1) is 0 Å². The zero-order chi connectivity index (χ0) is 13.1. The van der Waals surface area contributed by atoms with E-state index in [0.717, 1.165) is 6.42 Å². The molecule has 5 heteroatoms. The Balaban J connectivity index is 2.62. The van der Waals surface area contributed by atoms with E-state index in [-0.39, 0.29) is 18.4 Å². The Kier molecular flexibility index (Phi) is 4.51. The first-order valence-corrected chi connectivity index (χ1v) is 5.89. The zero-order valence-corrected chi connectivity index (χ0v) is 11.0. The third-order valence-electron chi connectivity index (χ3n) is 2.38. The van der Waals surface area contributed by atoms with E-state index in [1.165, 1.54) is 6.92 Å². The lowest BCUT2D eigenvalue weighted by molar-refractivity contribution is -0.128. The summed E-state index contributed by atoms with van der Waals surface area (Å²) >= 11 is 0. The van der Waals surface area contributed by atoms with E-state index in [2.05, 4.69) is 0 Å². The van der Waals surface area contributed by atoms with Crippen molar-refractivity contribution in [3.05, 3.63) is 0 Å². The maximum Gasteiger partial charge on any atom is 0.410 e. The normalized spacial score (nSPS) is 21.9. The van der Waals surface area contributed by atoms with Gasteiger partial charge in [-0.3, -0.25) is 4.79 Å². The molecule has 1 heterocycles. The van der Waals surface area contributed by atoms with Gasteiger partial charge in [-0.05, 0) is 34.1 Å². The van der Waals surface area contributed by atoms with Gasteiger partial charge < -0.3 is 14.4 Å². The molecule has 0 radical (unpaired) electrons. The van der Waals surface area contributed by atoms with Crippen molar-refractivity contribution in [2.24, 2.45) is 0 Å². The monoisotopic (exact) mass is 243 g/mol. The van der Waals surface area contributed by atoms with Crippen molar-refractivity contribution in [2.75, 3.05) is 19.7 Å². The average molecular weight is 243 g/mol. The van der Waals surface area contributed by atoms with E-state index < -0.39 is 11.7 Å².